The van der Waals surface area contributed by atoms with Gasteiger partial charge in [-0.05, 0) is 36.0 Å². The fourth-order valence-electron chi connectivity index (χ4n) is 3.13. The molecule has 0 radical (unpaired) electrons. The molecule has 0 aromatic rings. The molecule has 1 aliphatic carbocycles. The lowest BCUT2D eigenvalue weighted by atomic mass is 9.69. The topological polar surface area (TPSA) is 0 Å². The molecule has 0 N–H and O–H groups in total. The lowest BCUT2D eigenvalue weighted by Gasteiger charge is -2.37. The van der Waals surface area contributed by atoms with Gasteiger partial charge >= 0.3 is 0 Å². The average Bonchev–Trinajstić information content (AvgIpc) is 2.16. The molecule has 0 saturated heterocycles. The van der Waals surface area contributed by atoms with E-state index in [2.05, 4.69) is 34.6 Å². The van der Waals surface area contributed by atoms with Crippen molar-refractivity contribution in [2.24, 2.45) is 23.2 Å². The molecule has 0 amide bonds. The van der Waals surface area contributed by atoms with Crippen molar-refractivity contribution in [1.29, 1.82) is 0 Å². The lowest BCUT2D eigenvalue weighted by Crippen LogP contribution is -2.25. The molecule has 0 unspecified atom stereocenters. The van der Waals surface area contributed by atoms with Crippen LogP contribution in [0.3, 0.4) is 0 Å². The summed E-state index contributed by atoms with van der Waals surface area (Å²) in [7, 11) is 0. The van der Waals surface area contributed by atoms with Crippen LogP contribution >= 0.6 is 0 Å². The molecule has 1 aliphatic rings. The monoisotopic (exact) mass is 224 g/mol. The van der Waals surface area contributed by atoms with Crippen molar-refractivity contribution in [3.8, 4) is 0 Å². The van der Waals surface area contributed by atoms with Crippen LogP contribution in [0.1, 0.15) is 79.6 Å². The highest BCUT2D eigenvalue weighted by molar-refractivity contribution is 4.80. The third-order valence-electron chi connectivity index (χ3n) is 4.47. The third-order valence-corrected chi connectivity index (χ3v) is 4.47. The van der Waals surface area contributed by atoms with E-state index in [1.165, 1.54) is 44.9 Å². The zero-order valence-corrected chi connectivity index (χ0v) is 12.2. The molecule has 0 atom stereocenters. The van der Waals surface area contributed by atoms with Crippen LogP contribution in [0.2, 0.25) is 0 Å². The summed E-state index contributed by atoms with van der Waals surface area (Å²) in [6, 6.07) is 0. The van der Waals surface area contributed by atoms with Gasteiger partial charge in [-0.25, -0.2) is 0 Å². The highest BCUT2D eigenvalue weighted by atomic mass is 14.3. The predicted octanol–water partition coefficient (Wildman–Crippen LogP) is 5.67. The Balaban J connectivity index is 2.17. The molecule has 1 rings (SSSR count). The summed E-state index contributed by atoms with van der Waals surface area (Å²) in [6.45, 7) is 11.9. The van der Waals surface area contributed by atoms with E-state index in [1.807, 2.05) is 0 Å². The van der Waals surface area contributed by atoms with Gasteiger partial charge in [-0.2, -0.15) is 0 Å². The molecule has 1 fully saturated rings. The van der Waals surface area contributed by atoms with E-state index in [1.54, 1.807) is 0 Å². The van der Waals surface area contributed by atoms with Gasteiger partial charge in [-0.3, -0.25) is 0 Å². The van der Waals surface area contributed by atoms with Gasteiger partial charge in [0.15, 0.2) is 0 Å². The van der Waals surface area contributed by atoms with Gasteiger partial charge in [0, 0.05) is 0 Å². The second-order valence-electron chi connectivity index (χ2n) is 7.41. The van der Waals surface area contributed by atoms with E-state index >= 15 is 0 Å². The van der Waals surface area contributed by atoms with Gasteiger partial charge in [0.2, 0.25) is 0 Å². The third kappa shape index (κ3) is 4.89. The summed E-state index contributed by atoms with van der Waals surface area (Å²) in [4.78, 5) is 0. The summed E-state index contributed by atoms with van der Waals surface area (Å²) in [5.74, 6) is 2.93. The Morgan fingerprint density at radius 2 is 1.56 bits per heavy atom. The molecule has 0 aliphatic heterocycles. The standard InChI is InChI=1S/C16H32/c1-13(2)7-6-8-14-9-11-15(12-10-14)16(3,4)5/h13-15H,6-12H2,1-5H3. The largest absolute Gasteiger partial charge is 0.0628 e. The Morgan fingerprint density at radius 3 is 2.00 bits per heavy atom. The lowest BCUT2D eigenvalue weighted by molar-refractivity contribution is 0.145. The molecule has 96 valence electrons. The van der Waals surface area contributed by atoms with Crippen LogP contribution in [-0.4, -0.2) is 0 Å². The van der Waals surface area contributed by atoms with Crippen LogP contribution < -0.4 is 0 Å². The van der Waals surface area contributed by atoms with Crippen molar-refractivity contribution >= 4 is 0 Å². The van der Waals surface area contributed by atoms with Crippen LogP contribution in [0, 0.1) is 23.2 Å². The molecule has 0 nitrogen and oxygen atoms in total. The molecule has 0 spiro atoms. The SMILES string of the molecule is CC(C)CCCC1CCC(C(C)(C)C)CC1. The van der Waals surface area contributed by atoms with E-state index in [-0.39, 0.29) is 0 Å². The molecule has 0 heterocycles. The van der Waals surface area contributed by atoms with Gasteiger partial charge in [-0.1, -0.05) is 66.7 Å². The summed E-state index contributed by atoms with van der Waals surface area (Å²) in [5, 5.41) is 0. The van der Waals surface area contributed by atoms with E-state index in [0.29, 0.717) is 5.41 Å². The first-order chi connectivity index (χ1) is 7.39. The zero-order chi connectivity index (χ0) is 12.2. The minimum absolute atomic E-state index is 0.545. The van der Waals surface area contributed by atoms with Gasteiger partial charge in [0.05, 0.1) is 0 Å². The van der Waals surface area contributed by atoms with Crippen LogP contribution in [-0.2, 0) is 0 Å². The van der Waals surface area contributed by atoms with E-state index in [9.17, 15) is 0 Å². The Kier molecular flexibility index (Phi) is 5.34. The molecular weight excluding hydrogens is 192 g/mol. The molecule has 16 heavy (non-hydrogen) atoms. The second kappa shape index (κ2) is 6.07. The van der Waals surface area contributed by atoms with Crippen molar-refractivity contribution in [2.75, 3.05) is 0 Å². The second-order valence-corrected chi connectivity index (χ2v) is 7.41. The van der Waals surface area contributed by atoms with Crippen molar-refractivity contribution in [2.45, 2.75) is 79.6 Å². The highest BCUT2D eigenvalue weighted by Gasteiger charge is 2.29. The van der Waals surface area contributed by atoms with Crippen molar-refractivity contribution in [3.05, 3.63) is 0 Å². The van der Waals surface area contributed by atoms with Crippen LogP contribution in [0.5, 0.6) is 0 Å². The molecule has 0 heteroatoms. The maximum atomic E-state index is 2.41. The van der Waals surface area contributed by atoms with E-state index in [0.717, 1.165) is 17.8 Å². The molecule has 0 bridgehead atoms. The maximum absolute atomic E-state index is 2.41. The minimum atomic E-state index is 0.545. The van der Waals surface area contributed by atoms with Gasteiger partial charge in [0.1, 0.15) is 0 Å². The Bertz CT molecular complexity index is 177. The Labute approximate surface area is 103 Å². The van der Waals surface area contributed by atoms with Gasteiger partial charge in [0.25, 0.3) is 0 Å². The quantitative estimate of drug-likeness (QED) is 0.577. The summed E-state index contributed by atoms with van der Waals surface area (Å²) >= 11 is 0. The molecule has 1 saturated carbocycles. The van der Waals surface area contributed by atoms with Crippen LogP contribution in [0.4, 0.5) is 0 Å². The van der Waals surface area contributed by atoms with Gasteiger partial charge < -0.3 is 0 Å². The molecular formula is C16H32. The fraction of sp³-hybridized carbons (Fsp3) is 1.00. The first kappa shape index (κ1) is 14.1. The fourth-order valence-corrected chi connectivity index (χ4v) is 3.13. The maximum Gasteiger partial charge on any atom is -0.0354 e. The average molecular weight is 224 g/mol. The normalized spacial score (nSPS) is 27.4. The zero-order valence-electron chi connectivity index (χ0n) is 12.2. The Hall–Kier alpha value is 0. The summed E-state index contributed by atoms with van der Waals surface area (Å²) in [6.07, 6.45) is 10.3. The van der Waals surface area contributed by atoms with E-state index < -0.39 is 0 Å². The minimum Gasteiger partial charge on any atom is -0.0628 e. The molecule has 0 aromatic carbocycles. The smallest absolute Gasteiger partial charge is 0.0354 e. The van der Waals surface area contributed by atoms with Crippen LogP contribution in [0.25, 0.3) is 0 Å². The Morgan fingerprint density at radius 1 is 1.00 bits per heavy atom. The van der Waals surface area contributed by atoms with Crippen LogP contribution in [0.15, 0.2) is 0 Å². The molecule has 0 aromatic heterocycles. The first-order valence-electron chi connectivity index (χ1n) is 7.39. The van der Waals surface area contributed by atoms with E-state index in [4.69, 9.17) is 0 Å². The number of hydrogen-bond donors (Lipinski definition) is 0. The first-order valence-corrected chi connectivity index (χ1v) is 7.39. The van der Waals surface area contributed by atoms with Crippen molar-refractivity contribution < 1.29 is 0 Å². The van der Waals surface area contributed by atoms with Crippen molar-refractivity contribution in [3.63, 3.8) is 0 Å². The summed E-state index contributed by atoms with van der Waals surface area (Å²) < 4.78 is 0. The highest BCUT2D eigenvalue weighted by Crippen LogP contribution is 2.41. The van der Waals surface area contributed by atoms with Gasteiger partial charge in [-0.15, -0.1) is 0 Å². The number of rotatable bonds is 4. The van der Waals surface area contributed by atoms with Crippen molar-refractivity contribution in [1.82, 2.24) is 0 Å². The predicted molar refractivity (Wildman–Crippen MR) is 73.6 cm³/mol. The number of hydrogen-bond acceptors (Lipinski definition) is 0. The summed E-state index contributed by atoms with van der Waals surface area (Å²) in [5.41, 5.74) is 0.545.